The first-order valence-electron chi connectivity index (χ1n) is 5.46. The molecule has 1 unspecified atom stereocenters. The monoisotopic (exact) mass is 206 g/mol. The molecule has 1 aliphatic heterocycles. The Balaban J connectivity index is 1.97. The number of anilines is 1. The van der Waals surface area contributed by atoms with Gasteiger partial charge in [0.05, 0.1) is 0 Å². The van der Waals surface area contributed by atoms with Crippen molar-refractivity contribution in [3.8, 4) is 0 Å². The number of hydrogen-bond acceptors (Lipinski definition) is 4. The van der Waals surface area contributed by atoms with E-state index in [0.717, 1.165) is 37.1 Å². The topological polar surface area (TPSA) is 41.0 Å². The van der Waals surface area contributed by atoms with Crippen molar-refractivity contribution in [1.29, 1.82) is 0 Å². The molecule has 0 saturated carbocycles. The van der Waals surface area contributed by atoms with E-state index in [1.54, 1.807) is 6.33 Å². The van der Waals surface area contributed by atoms with E-state index in [2.05, 4.69) is 27.2 Å². The van der Waals surface area contributed by atoms with Crippen molar-refractivity contribution in [3.05, 3.63) is 18.1 Å². The molecule has 1 aromatic rings. The number of nitrogens with zero attached hydrogens (tertiary/aromatic N) is 3. The van der Waals surface area contributed by atoms with Crippen LogP contribution < -0.4 is 10.2 Å². The van der Waals surface area contributed by atoms with E-state index in [1.165, 1.54) is 6.42 Å². The largest absolute Gasteiger partial charge is 0.359 e. The molecule has 1 aliphatic rings. The Hall–Kier alpha value is -1.16. The summed E-state index contributed by atoms with van der Waals surface area (Å²) in [5.41, 5.74) is 1.02. The van der Waals surface area contributed by atoms with Gasteiger partial charge in [-0.2, -0.15) is 0 Å². The van der Waals surface area contributed by atoms with Gasteiger partial charge < -0.3 is 10.2 Å². The lowest BCUT2D eigenvalue weighted by Gasteiger charge is -2.21. The van der Waals surface area contributed by atoms with Crippen molar-refractivity contribution in [2.24, 2.45) is 5.92 Å². The Labute approximate surface area is 90.7 Å². The Morgan fingerprint density at radius 2 is 2.40 bits per heavy atom. The van der Waals surface area contributed by atoms with Crippen LogP contribution in [0.1, 0.15) is 12.1 Å². The third kappa shape index (κ3) is 2.65. The predicted molar refractivity (Wildman–Crippen MR) is 61.0 cm³/mol. The molecule has 2 rings (SSSR count). The molecule has 1 N–H and O–H groups in total. The lowest BCUT2D eigenvalue weighted by Crippen LogP contribution is -2.27. The van der Waals surface area contributed by atoms with Gasteiger partial charge in [-0.25, -0.2) is 9.97 Å². The summed E-state index contributed by atoms with van der Waals surface area (Å²) in [7, 11) is 2.10. The Bertz CT molecular complexity index is 320. The summed E-state index contributed by atoms with van der Waals surface area (Å²) in [5, 5.41) is 3.38. The van der Waals surface area contributed by atoms with Gasteiger partial charge in [0.15, 0.2) is 0 Å². The van der Waals surface area contributed by atoms with Crippen LogP contribution in [-0.4, -0.2) is 36.6 Å². The molecule has 82 valence electrons. The van der Waals surface area contributed by atoms with Crippen LogP contribution in [-0.2, 0) is 0 Å². The molecule has 1 aromatic heterocycles. The fraction of sp³-hybridized carbons (Fsp3) is 0.636. The van der Waals surface area contributed by atoms with E-state index in [1.807, 2.05) is 13.0 Å². The smallest absolute Gasteiger partial charge is 0.131 e. The normalized spacial score (nSPS) is 20.5. The highest BCUT2D eigenvalue weighted by Crippen LogP contribution is 2.14. The van der Waals surface area contributed by atoms with Crippen molar-refractivity contribution in [2.75, 3.05) is 31.6 Å². The molecule has 0 bridgehead atoms. The van der Waals surface area contributed by atoms with Crippen molar-refractivity contribution in [1.82, 2.24) is 15.3 Å². The lowest BCUT2D eigenvalue weighted by molar-refractivity contribution is 0.575. The summed E-state index contributed by atoms with van der Waals surface area (Å²) in [4.78, 5) is 10.6. The van der Waals surface area contributed by atoms with Gasteiger partial charge in [-0.15, -0.1) is 0 Å². The molecule has 1 fully saturated rings. The maximum Gasteiger partial charge on any atom is 0.131 e. The summed E-state index contributed by atoms with van der Waals surface area (Å²) in [5.74, 6) is 1.78. The second-order valence-electron chi connectivity index (χ2n) is 4.26. The number of nitrogens with one attached hydrogen (secondary N) is 1. The molecule has 0 aliphatic carbocycles. The zero-order valence-electron chi connectivity index (χ0n) is 9.40. The van der Waals surface area contributed by atoms with Crippen molar-refractivity contribution < 1.29 is 0 Å². The van der Waals surface area contributed by atoms with Crippen LogP contribution >= 0.6 is 0 Å². The van der Waals surface area contributed by atoms with Gasteiger partial charge in [0.2, 0.25) is 0 Å². The van der Waals surface area contributed by atoms with E-state index in [0.29, 0.717) is 0 Å². The molecular formula is C11H18N4. The number of hydrogen-bond donors (Lipinski definition) is 1. The van der Waals surface area contributed by atoms with Crippen LogP contribution in [0.2, 0.25) is 0 Å². The quantitative estimate of drug-likeness (QED) is 0.795. The minimum Gasteiger partial charge on any atom is -0.359 e. The number of rotatable bonds is 3. The van der Waals surface area contributed by atoms with Gasteiger partial charge in [-0.3, -0.25) is 0 Å². The van der Waals surface area contributed by atoms with Gasteiger partial charge in [-0.05, 0) is 32.4 Å². The fourth-order valence-electron chi connectivity index (χ4n) is 2.00. The second-order valence-corrected chi connectivity index (χ2v) is 4.26. The average Bonchev–Trinajstić information content (AvgIpc) is 2.70. The molecule has 15 heavy (non-hydrogen) atoms. The van der Waals surface area contributed by atoms with E-state index in [4.69, 9.17) is 0 Å². The molecule has 4 heteroatoms. The third-order valence-corrected chi connectivity index (χ3v) is 2.87. The van der Waals surface area contributed by atoms with E-state index in [9.17, 15) is 0 Å². The van der Waals surface area contributed by atoms with Gasteiger partial charge in [-0.1, -0.05) is 0 Å². The van der Waals surface area contributed by atoms with E-state index in [-0.39, 0.29) is 0 Å². The summed E-state index contributed by atoms with van der Waals surface area (Å²) in [6.45, 7) is 5.36. The van der Waals surface area contributed by atoms with Gasteiger partial charge in [0, 0.05) is 25.4 Å². The van der Waals surface area contributed by atoms with Crippen LogP contribution in [0, 0.1) is 12.8 Å². The van der Waals surface area contributed by atoms with Crippen molar-refractivity contribution in [3.63, 3.8) is 0 Å². The van der Waals surface area contributed by atoms with Crippen molar-refractivity contribution in [2.45, 2.75) is 13.3 Å². The Morgan fingerprint density at radius 1 is 1.53 bits per heavy atom. The van der Waals surface area contributed by atoms with Gasteiger partial charge in [0.25, 0.3) is 0 Å². The zero-order valence-corrected chi connectivity index (χ0v) is 9.40. The highest BCUT2D eigenvalue weighted by Gasteiger charge is 2.16. The summed E-state index contributed by atoms with van der Waals surface area (Å²) < 4.78 is 0. The SMILES string of the molecule is Cc1cc(N(C)CC2CCNC2)ncn1. The van der Waals surface area contributed by atoms with Crippen LogP contribution in [0.15, 0.2) is 12.4 Å². The van der Waals surface area contributed by atoms with Gasteiger partial charge >= 0.3 is 0 Å². The fourth-order valence-corrected chi connectivity index (χ4v) is 2.00. The first-order chi connectivity index (χ1) is 7.25. The van der Waals surface area contributed by atoms with Crippen LogP contribution in [0.5, 0.6) is 0 Å². The van der Waals surface area contributed by atoms with Crippen LogP contribution in [0.3, 0.4) is 0 Å². The highest BCUT2D eigenvalue weighted by molar-refractivity contribution is 5.37. The standard InChI is InChI=1S/C11H18N4/c1-9-5-11(14-8-13-9)15(2)7-10-3-4-12-6-10/h5,8,10,12H,3-4,6-7H2,1-2H3. The molecule has 2 heterocycles. The van der Waals surface area contributed by atoms with Crippen molar-refractivity contribution >= 4 is 5.82 Å². The average molecular weight is 206 g/mol. The maximum absolute atomic E-state index is 4.28. The highest BCUT2D eigenvalue weighted by atomic mass is 15.2. The minimum absolute atomic E-state index is 0.755. The predicted octanol–water partition coefficient (Wildman–Crippen LogP) is 0.831. The van der Waals surface area contributed by atoms with Crippen LogP contribution in [0.25, 0.3) is 0 Å². The molecule has 1 atom stereocenters. The number of aromatic nitrogens is 2. The molecule has 0 aromatic carbocycles. The minimum atomic E-state index is 0.755. The second kappa shape index (κ2) is 4.57. The Kier molecular flexibility index (Phi) is 3.16. The van der Waals surface area contributed by atoms with E-state index >= 15 is 0 Å². The van der Waals surface area contributed by atoms with Gasteiger partial charge in [0.1, 0.15) is 12.1 Å². The Morgan fingerprint density at radius 3 is 3.07 bits per heavy atom. The molecule has 0 spiro atoms. The van der Waals surface area contributed by atoms with E-state index < -0.39 is 0 Å². The molecule has 0 radical (unpaired) electrons. The lowest BCUT2D eigenvalue weighted by atomic mass is 10.1. The maximum atomic E-state index is 4.28. The molecular weight excluding hydrogens is 188 g/mol. The molecule has 4 nitrogen and oxygen atoms in total. The molecule has 1 saturated heterocycles. The first-order valence-corrected chi connectivity index (χ1v) is 5.46. The summed E-state index contributed by atoms with van der Waals surface area (Å²) >= 11 is 0. The molecule has 0 amide bonds. The summed E-state index contributed by atoms with van der Waals surface area (Å²) in [6, 6.07) is 2.03. The third-order valence-electron chi connectivity index (χ3n) is 2.87. The zero-order chi connectivity index (χ0) is 10.7. The number of aryl methyl sites for hydroxylation is 1. The first kappa shape index (κ1) is 10.4. The van der Waals surface area contributed by atoms with Crippen LogP contribution in [0.4, 0.5) is 5.82 Å². The summed E-state index contributed by atoms with van der Waals surface area (Å²) in [6.07, 6.45) is 2.91.